The molecule has 1 N–H and O–H groups in total. The summed E-state index contributed by atoms with van der Waals surface area (Å²) in [6, 6.07) is 7.73. The molecule has 3 heteroatoms. The van der Waals surface area contributed by atoms with Gasteiger partial charge in [-0.3, -0.25) is 0 Å². The predicted molar refractivity (Wildman–Crippen MR) is 63.4 cm³/mol. The van der Waals surface area contributed by atoms with Gasteiger partial charge in [0.2, 0.25) is 0 Å². The summed E-state index contributed by atoms with van der Waals surface area (Å²) in [4.78, 5) is 0. The van der Waals surface area contributed by atoms with E-state index < -0.39 is 6.10 Å². The van der Waals surface area contributed by atoms with Crippen LogP contribution >= 0.6 is 11.8 Å². The van der Waals surface area contributed by atoms with Crippen LogP contribution < -0.4 is 4.74 Å². The molecule has 1 saturated heterocycles. The minimum atomic E-state index is -0.425. The van der Waals surface area contributed by atoms with Crippen LogP contribution in [-0.2, 0) is 0 Å². The normalized spacial score (nSPS) is 22.7. The smallest absolute Gasteiger partial charge is 0.120 e. The summed E-state index contributed by atoms with van der Waals surface area (Å²) in [5, 5.41) is 9.45. The molecule has 1 aromatic rings. The van der Waals surface area contributed by atoms with E-state index in [1.54, 1.807) is 6.92 Å². The molecule has 2 nitrogen and oxygen atoms in total. The van der Waals surface area contributed by atoms with E-state index in [0.29, 0.717) is 6.10 Å². The number of hydrogen-bond donors (Lipinski definition) is 1. The van der Waals surface area contributed by atoms with Gasteiger partial charge in [0.1, 0.15) is 11.9 Å². The van der Waals surface area contributed by atoms with Crippen LogP contribution in [0, 0.1) is 0 Å². The SMILES string of the molecule is CC(O)c1cccc(OC2CCSC2)c1. The first-order valence-corrected chi connectivity index (χ1v) is 6.43. The number of ether oxygens (including phenoxy) is 1. The van der Waals surface area contributed by atoms with E-state index in [0.717, 1.165) is 23.5 Å². The third-order valence-electron chi connectivity index (χ3n) is 2.53. The number of aliphatic hydroxyl groups excluding tert-OH is 1. The maximum atomic E-state index is 9.45. The van der Waals surface area contributed by atoms with Crippen molar-refractivity contribution < 1.29 is 9.84 Å². The fourth-order valence-corrected chi connectivity index (χ4v) is 2.74. The molecular weight excluding hydrogens is 208 g/mol. The number of thioether (sulfide) groups is 1. The Bertz CT molecular complexity index is 319. The molecule has 1 aliphatic heterocycles. The Labute approximate surface area is 94.6 Å². The maximum Gasteiger partial charge on any atom is 0.120 e. The lowest BCUT2D eigenvalue weighted by molar-refractivity contribution is 0.196. The summed E-state index contributed by atoms with van der Waals surface area (Å²) < 4.78 is 5.83. The van der Waals surface area contributed by atoms with Crippen molar-refractivity contribution in [3.05, 3.63) is 29.8 Å². The average molecular weight is 224 g/mol. The molecule has 1 fully saturated rings. The zero-order valence-corrected chi connectivity index (χ0v) is 9.67. The minimum Gasteiger partial charge on any atom is -0.490 e. The van der Waals surface area contributed by atoms with Crippen LogP contribution in [0.2, 0.25) is 0 Å². The lowest BCUT2D eigenvalue weighted by atomic mass is 10.1. The summed E-state index contributed by atoms with van der Waals surface area (Å²) in [5.74, 6) is 3.15. The molecular formula is C12H16O2S. The molecule has 1 aromatic carbocycles. The van der Waals surface area contributed by atoms with Crippen LogP contribution in [0.1, 0.15) is 25.0 Å². The van der Waals surface area contributed by atoms with Crippen molar-refractivity contribution in [2.75, 3.05) is 11.5 Å². The average Bonchev–Trinajstić information content (AvgIpc) is 2.71. The predicted octanol–water partition coefficient (Wildman–Crippen LogP) is 2.62. The van der Waals surface area contributed by atoms with Gasteiger partial charge in [0.25, 0.3) is 0 Å². The van der Waals surface area contributed by atoms with E-state index in [4.69, 9.17) is 4.74 Å². The van der Waals surface area contributed by atoms with E-state index in [1.165, 1.54) is 5.75 Å². The lowest BCUT2D eigenvalue weighted by Crippen LogP contribution is -2.14. The van der Waals surface area contributed by atoms with Gasteiger partial charge >= 0.3 is 0 Å². The Morgan fingerprint density at radius 1 is 1.53 bits per heavy atom. The largest absolute Gasteiger partial charge is 0.490 e. The standard InChI is InChI=1S/C12H16O2S/c1-9(13)10-3-2-4-11(7-10)14-12-5-6-15-8-12/h2-4,7,9,12-13H,5-6,8H2,1H3. The highest BCUT2D eigenvalue weighted by atomic mass is 32.2. The summed E-state index contributed by atoms with van der Waals surface area (Å²) in [6.45, 7) is 1.77. The molecule has 1 heterocycles. The van der Waals surface area contributed by atoms with Gasteiger partial charge in [-0.25, -0.2) is 0 Å². The lowest BCUT2D eigenvalue weighted by Gasteiger charge is -2.13. The fraction of sp³-hybridized carbons (Fsp3) is 0.500. The van der Waals surface area contributed by atoms with Crippen molar-refractivity contribution in [1.82, 2.24) is 0 Å². The third-order valence-corrected chi connectivity index (χ3v) is 3.66. The van der Waals surface area contributed by atoms with Gasteiger partial charge in [-0.15, -0.1) is 0 Å². The molecule has 0 bridgehead atoms. The molecule has 2 rings (SSSR count). The van der Waals surface area contributed by atoms with Gasteiger partial charge in [0.05, 0.1) is 6.10 Å². The number of aliphatic hydroxyl groups is 1. The van der Waals surface area contributed by atoms with Gasteiger partial charge in [0.15, 0.2) is 0 Å². The molecule has 0 aliphatic carbocycles. The van der Waals surface area contributed by atoms with Crippen LogP contribution in [0.3, 0.4) is 0 Å². The maximum absolute atomic E-state index is 9.45. The minimum absolute atomic E-state index is 0.347. The monoisotopic (exact) mass is 224 g/mol. The van der Waals surface area contributed by atoms with Crippen molar-refractivity contribution in [1.29, 1.82) is 0 Å². The van der Waals surface area contributed by atoms with Crippen molar-refractivity contribution in [2.24, 2.45) is 0 Å². The van der Waals surface area contributed by atoms with Gasteiger partial charge in [-0.1, -0.05) is 12.1 Å². The molecule has 0 amide bonds. The first-order valence-electron chi connectivity index (χ1n) is 5.28. The molecule has 2 unspecified atom stereocenters. The molecule has 0 saturated carbocycles. The molecule has 0 aromatic heterocycles. The Balaban J connectivity index is 2.04. The van der Waals surface area contributed by atoms with Crippen molar-refractivity contribution in [3.8, 4) is 5.75 Å². The highest BCUT2D eigenvalue weighted by Gasteiger charge is 2.17. The summed E-state index contributed by atoms with van der Waals surface area (Å²) in [5.41, 5.74) is 0.915. The van der Waals surface area contributed by atoms with E-state index in [2.05, 4.69) is 0 Å². The molecule has 2 atom stereocenters. The zero-order valence-electron chi connectivity index (χ0n) is 8.85. The van der Waals surface area contributed by atoms with Crippen LogP contribution in [0.15, 0.2) is 24.3 Å². The quantitative estimate of drug-likeness (QED) is 0.856. The fourth-order valence-electron chi connectivity index (χ4n) is 1.65. The third kappa shape index (κ3) is 2.89. The van der Waals surface area contributed by atoms with Crippen LogP contribution in [0.25, 0.3) is 0 Å². The van der Waals surface area contributed by atoms with Crippen LogP contribution in [0.5, 0.6) is 5.75 Å². The van der Waals surface area contributed by atoms with E-state index in [1.807, 2.05) is 36.0 Å². The highest BCUT2D eigenvalue weighted by Crippen LogP contribution is 2.25. The Morgan fingerprint density at radius 3 is 3.07 bits per heavy atom. The van der Waals surface area contributed by atoms with Gasteiger partial charge in [-0.05, 0) is 36.8 Å². The van der Waals surface area contributed by atoms with E-state index in [9.17, 15) is 5.11 Å². The summed E-state index contributed by atoms with van der Waals surface area (Å²) in [7, 11) is 0. The number of rotatable bonds is 3. The topological polar surface area (TPSA) is 29.5 Å². The van der Waals surface area contributed by atoms with Crippen molar-refractivity contribution in [2.45, 2.75) is 25.6 Å². The van der Waals surface area contributed by atoms with Gasteiger partial charge < -0.3 is 9.84 Å². The summed E-state index contributed by atoms with van der Waals surface area (Å²) >= 11 is 1.94. The molecule has 1 aliphatic rings. The molecule has 0 radical (unpaired) electrons. The highest BCUT2D eigenvalue weighted by molar-refractivity contribution is 7.99. The van der Waals surface area contributed by atoms with Crippen molar-refractivity contribution in [3.63, 3.8) is 0 Å². The number of benzene rings is 1. The first-order chi connectivity index (χ1) is 7.25. The Kier molecular flexibility index (Phi) is 3.54. The Morgan fingerprint density at radius 2 is 2.40 bits per heavy atom. The molecule has 15 heavy (non-hydrogen) atoms. The first kappa shape index (κ1) is 10.8. The summed E-state index contributed by atoms with van der Waals surface area (Å²) in [6.07, 6.45) is 1.05. The second kappa shape index (κ2) is 4.90. The van der Waals surface area contributed by atoms with E-state index in [-0.39, 0.29) is 0 Å². The number of hydrogen-bond acceptors (Lipinski definition) is 3. The second-order valence-corrected chi connectivity index (χ2v) is 5.00. The van der Waals surface area contributed by atoms with E-state index >= 15 is 0 Å². The van der Waals surface area contributed by atoms with Crippen LogP contribution in [-0.4, -0.2) is 22.7 Å². The second-order valence-electron chi connectivity index (χ2n) is 3.85. The van der Waals surface area contributed by atoms with Gasteiger partial charge in [-0.2, -0.15) is 11.8 Å². The van der Waals surface area contributed by atoms with Crippen LogP contribution in [0.4, 0.5) is 0 Å². The molecule has 0 spiro atoms. The zero-order chi connectivity index (χ0) is 10.7. The van der Waals surface area contributed by atoms with Gasteiger partial charge in [0, 0.05) is 5.75 Å². The van der Waals surface area contributed by atoms with Crippen molar-refractivity contribution >= 4 is 11.8 Å². The molecule has 82 valence electrons. The Hall–Kier alpha value is -0.670.